The van der Waals surface area contributed by atoms with Crippen LogP contribution in [0.15, 0.2) is 18.2 Å². The smallest absolute Gasteiger partial charge is 0.123 e. The van der Waals surface area contributed by atoms with Gasteiger partial charge in [-0.1, -0.05) is 0 Å². The Morgan fingerprint density at radius 1 is 1.42 bits per heavy atom. The molecule has 19 heavy (non-hydrogen) atoms. The van der Waals surface area contributed by atoms with Crippen LogP contribution in [0.3, 0.4) is 0 Å². The fraction of sp³-hybridized carbons (Fsp3) is 0.600. The van der Waals surface area contributed by atoms with Crippen molar-refractivity contribution in [2.24, 2.45) is 0 Å². The average molecular weight is 267 g/mol. The van der Waals surface area contributed by atoms with E-state index in [1.54, 1.807) is 13.0 Å². The van der Waals surface area contributed by atoms with Gasteiger partial charge >= 0.3 is 0 Å². The summed E-state index contributed by atoms with van der Waals surface area (Å²) in [6.45, 7) is 6.20. The summed E-state index contributed by atoms with van der Waals surface area (Å²) in [7, 11) is 0. The van der Waals surface area contributed by atoms with Gasteiger partial charge < -0.3 is 14.7 Å². The number of nitrogens with zero attached hydrogens (tertiary/aromatic N) is 1. The van der Waals surface area contributed by atoms with Crippen LogP contribution in [0.5, 0.6) is 0 Å². The van der Waals surface area contributed by atoms with Crippen molar-refractivity contribution in [3.63, 3.8) is 0 Å². The number of piperidine rings is 1. The molecular formula is C15H22FNO2. The van der Waals surface area contributed by atoms with Gasteiger partial charge in [-0.3, -0.25) is 0 Å². The van der Waals surface area contributed by atoms with Crippen LogP contribution in [0.1, 0.15) is 38.4 Å². The third kappa shape index (κ3) is 3.45. The molecule has 106 valence electrons. The topological polar surface area (TPSA) is 32.7 Å². The largest absolute Gasteiger partial charge is 0.389 e. The molecule has 1 aromatic rings. The highest BCUT2D eigenvalue weighted by Gasteiger charge is 2.22. The highest BCUT2D eigenvalue weighted by atomic mass is 19.1. The summed E-state index contributed by atoms with van der Waals surface area (Å²) in [5.41, 5.74) is 1.60. The number of hydrogen-bond donors (Lipinski definition) is 1. The van der Waals surface area contributed by atoms with Crippen molar-refractivity contribution < 1.29 is 14.2 Å². The van der Waals surface area contributed by atoms with E-state index in [1.807, 2.05) is 6.92 Å². The maximum Gasteiger partial charge on any atom is 0.123 e. The molecule has 2 rings (SSSR count). The van der Waals surface area contributed by atoms with Gasteiger partial charge in [0.05, 0.1) is 12.2 Å². The van der Waals surface area contributed by atoms with Crippen molar-refractivity contribution in [1.29, 1.82) is 0 Å². The van der Waals surface area contributed by atoms with E-state index in [0.29, 0.717) is 11.7 Å². The first-order chi connectivity index (χ1) is 9.11. The van der Waals surface area contributed by atoms with Gasteiger partial charge in [0.1, 0.15) is 5.82 Å². The quantitative estimate of drug-likeness (QED) is 0.910. The standard InChI is InChI=1S/C15H22FNO2/c1-3-19-13-6-8-17(9-7-13)15-5-4-12(16)10-14(15)11(2)18/h4-5,10-11,13,18H,3,6-9H2,1-2H3/t11-/m1/s1. The lowest BCUT2D eigenvalue weighted by molar-refractivity contribution is 0.0458. The Kier molecular flexibility index (Phi) is 4.77. The molecule has 1 atom stereocenters. The predicted octanol–water partition coefficient (Wildman–Crippen LogP) is 2.88. The minimum absolute atomic E-state index is 0.302. The first-order valence-corrected chi connectivity index (χ1v) is 6.96. The monoisotopic (exact) mass is 267 g/mol. The molecule has 1 aliphatic heterocycles. The average Bonchev–Trinajstić information content (AvgIpc) is 2.40. The molecule has 0 spiro atoms. The molecule has 0 amide bonds. The van der Waals surface area contributed by atoms with Gasteiger partial charge in [0.2, 0.25) is 0 Å². The van der Waals surface area contributed by atoms with Gasteiger partial charge in [0, 0.05) is 30.9 Å². The van der Waals surface area contributed by atoms with Crippen LogP contribution < -0.4 is 4.90 Å². The van der Waals surface area contributed by atoms with Crippen LogP contribution >= 0.6 is 0 Å². The lowest BCUT2D eigenvalue weighted by Crippen LogP contribution is -2.37. The van der Waals surface area contributed by atoms with E-state index in [9.17, 15) is 9.50 Å². The summed E-state index contributed by atoms with van der Waals surface area (Å²) in [6.07, 6.45) is 1.63. The zero-order chi connectivity index (χ0) is 13.8. The Balaban J connectivity index is 2.11. The SMILES string of the molecule is CCOC1CCN(c2ccc(F)cc2[C@@H](C)O)CC1. The maximum atomic E-state index is 13.3. The van der Waals surface area contributed by atoms with Crippen LogP contribution in [0.4, 0.5) is 10.1 Å². The predicted molar refractivity (Wildman–Crippen MR) is 73.9 cm³/mol. The van der Waals surface area contributed by atoms with E-state index in [4.69, 9.17) is 4.74 Å². The molecule has 1 saturated heterocycles. The third-order valence-corrected chi connectivity index (χ3v) is 3.62. The molecule has 0 unspecified atom stereocenters. The van der Waals surface area contributed by atoms with E-state index < -0.39 is 6.10 Å². The number of rotatable bonds is 4. The van der Waals surface area contributed by atoms with Crippen LogP contribution in [-0.2, 0) is 4.74 Å². The van der Waals surface area contributed by atoms with Crippen LogP contribution in [0.2, 0.25) is 0 Å². The van der Waals surface area contributed by atoms with Gasteiger partial charge in [-0.2, -0.15) is 0 Å². The molecule has 1 N–H and O–H groups in total. The molecule has 0 bridgehead atoms. The van der Waals surface area contributed by atoms with Crippen molar-refractivity contribution in [3.8, 4) is 0 Å². The van der Waals surface area contributed by atoms with Crippen molar-refractivity contribution in [1.82, 2.24) is 0 Å². The minimum atomic E-state index is -0.657. The Morgan fingerprint density at radius 2 is 2.11 bits per heavy atom. The fourth-order valence-electron chi connectivity index (χ4n) is 2.65. The number of benzene rings is 1. The number of ether oxygens (including phenoxy) is 1. The molecular weight excluding hydrogens is 245 g/mol. The van der Waals surface area contributed by atoms with Gasteiger partial charge in [-0.05, 0) is 44.9 Å². The van der Waals surface area contributed by atoms with E-state index in [2.05, 4.69) is 4.90 Å². The minimum Gasteiger partial charge on any atom is -0.389 e. The first-order valence-electron chi connectivity index (χ1n) is 6.96. The van der Waals surface area contributed by atoms with Crippen LogP contribution in [0.25, 0.3) is 0 Å². The molecule has 3 nitrogen and oxygen atoms in total. The lowest BCUT2D eigenvalue weighted by Gasteiger charge is -2.35. The molecule has 0 aliphatic carbocycles. The zero-order valence-electron chi connectivity index (χ0n) is 11.6. The van der Waals surface area contributed by atoms with E-state index >= 15 is 0 Å². The summed E-state index contributed by atoms with van der Waals surface area (Å²) in [5, 5.41) is 9.78. The van der Waals surface area contributed by atoms with Gasteiger partial charge in [-0.25, -0.2) is 4.39 Å². The molecule has 4 heteroatoms. The fourth-order valence-corrected chi connectivity index (χ4v) is 2.65. The number of aliphatic hydroxyl groups is 1. The molecule has 0 aromatic heterocycles. The van der Waals surface area contributed by atoms with Gasteiger partial charge in [-0.15, -0.1) is 0 Å². The van der Waals surface area contributed by atoms with Crippen molar-refractivity contribution in [3.05, 3.63) is 29.6 Å². The molecule has 1 heterocycles. The van der Waals surface area contributed by atoms with E-state index in [1.165, 1.54) is 12.1 Å². The van der Waals surface area contributed by atoms with Gasteiger partial charge in [0.15, 0.2) is 0 Å². The van der Waals surface area contributed by atoms with Crippen molar-refractivity contribution in [2.75, 3.05) is 24.6 Å². The normalized spacial score (nSPS) is 18.6. The summed E-state index contributed by atoms with van der Waals surface area (Å²) in [6, 6.07) is 4.64. The number of aliphatic hydroxyl groups excluding tert-OH is 1. The third-order valence-electron chi connectivity index (χ3n) is 3.62. The van der Waals surface area contributed by atoms with Crippen LogP contribution in [0, 0.1) is 5.82 Å². The highest BCUT2D eigenvalue weighted by Crippen LogP contribution is 2.29. The second-order valence-electron chi connectivity index (χ2n) is 5.02. The molecule has 0 radical (unpaired) electrons. The number of halogens is 1. The molecule has 1 aliphatic rings. The lowest BCUT2D eigenvalue weighted by atomic mass is 10.0. The molecule has 0 saturated carbocycles. The summed E-state index contributed by atoms with van der Waals surface area (Å²) in [5.74, 6) is -0.302. The summed E-state index contributed by atoms with van der Waals surface area (Å²) >= 11 is 0. The summed E-state index contributed by atoms with van der Waals surface area (Å²) < 4.78 is 18.9. The van der Waals surface area contributed by atoms with Crippen molar-refractivity contribution >= 4 is 5.69 Å². The second-order valence-corrected chi connectivity index (χ2v) is 5.02. The second kappa shape index (κ2) is 6.35. The van der Waals surface area contributed by atoms with Gasteiger partial charge in [0.25, 0.3) is 0 Å². The number of anilines is 1. The zero-order valence-corrected chi connectivity index (χ0v) is 11.6. The maximum absolute atomic E-state index is 13.3. The van der Waals surface area contributed by atoms with Crippen molar-refractivity contribution in [2.45, 2.75) is 38.9 Å². The van der Waals surface area contributed by atoms with E-state index in [-0.39, 0.29) is 5.82 Å². The Labute approximate surface area is 114 Å². The van der Waals surface area contributed by atoms with Crippen LogP contribution in [-0.4, -0.2) is 30.9 Å². The Hall–Kier alpha value is -1.13. The highest BCUT2D eigenvalue weighted by molar-refractivity contribution is 5.55. The molecule has 1 fully saturated rings. The van der Waals surface area contributed by atoms with E-state index in [0.717, 1.165) is 38.2 Å². The molecule has 1 aromatic carbocycles. The number of hydrogen-bond acceptors (Lipinski definition) is 3. The first kappa shape index (κ1) is 14.3. The Bertz CT molecular complexity index is 415. The Morgan fingerprint density at radius 3 is 2.68 bits per heavy atom. The summed E-state index contributed by atoms with van der Waals surface area (Å²) in [4.78, 5) is 2.21.